The summed E-state index contributed by atoms with van der Waals surface area (Å²) in [7, 11) is -1.21. The highest BCUT2D eigenvalue weighted by Gasteiger charge is 2.44. The van der Waals surface area contributed by atoms with Crippen molar-refractivity contribution in [3.8, 4) is 5.75 Å². The summed E-state index contributed by atoms with van der Waals surface area (Å²) in [6, 6.07) is 14.3. The van der Waals surface area contributed by atoms with Crippen LogP contribution in [0.4, 0.5) is 8.78 Å². The van der Waals surface area contributed by atoms with Crippen molar-refractivity contribution in [3.63, 3.8) is 0 Å². The van der Waals surface area contributed by atoms with Crippen LogP contribution in [0.2, 0.25) is 0 Å². The first-order valence-electron chi connectivity index (χ1n) is 8.68. The van der Waals surface area contributed by atoms with Crippen molar-refractivity contribution in [1.82, 2.24) is 0 Å². The van der Waals surface area contributed by atoms with Crippen molar-refractivity contribution in [1.29, 1.82) is 0 Å². The fraction of sp³-hybridized carbons (Fsp3) is 0.286. The van der Waals surface area contributed by atoms with Crippen molar-refractivity contribution < 1.29 is 33.1 Å². The zero-order valence-electron chi connectivity index (χ0n) is 16.3. The van der Waals surface area contributed by atoms with Gasteiger partial charge in [-0.3, -0.25) is 0 Å². The molecule has 0 aliphatic carbocycles. The maximum absolute atomic E-state index is 13.8. The molecule has 3 N–H and O–H groups in total. The lowest BCUT2D eigenvalue weighted by Crippen LogP contribution is -2.41. The summed E-state index contributed by atoms with van der Waals surface area (Å²) in [6.45, 7) is 0.628. The minimum Gasteiger partial charge on any atom is -0.478 e. The molecule has 2 aromatic carbocycles. The van der Waals surface area contributed by atoms with Gasteiger partial charge in [0.1, 0.15) is 5.75 Å². The van der Waals surface area contributed by atoms with E-state index in [1.54, 1.807) is 18.4 Å². The van der Waals surface area contributed by atoms with Gasteiger partial charge in [0.05, 0.1) is 5.57 Å². The second-order valence-electron chi connectivity index (χ2n) is 6.73. The lowest BCUT2D eigenvalue weighted by molar-refractivity contribution is -0.137. The summed E-state index contributed by atoms with van der Waals surface area (Å²) >= 11 is 0. The number of carboxylic acid groups (broad SMARTS) is 1. The molecule has 2 unspecified atom stereocenters. The Morgan fingerprint density at radius 3 is 2.34 bits per heavy atom. The molecule has 158 valence electrons. The van der Waals surface area contributed by atoms with Crippen LogP contribution in [-0.2, 0) is 10.5 Å². The highest BCUT2D eigenvalue weighted by Crippen LogP contribution is 2.53. The van der Waals surface area contributed by atoms with E-state index in [0.29, 0.717) is 23.1 Å². The maximum Gasteiger partial charge on any atom is 0.335 e. The lowest BCUT2D eigenvalue weighted by Gasteiger charge is -2.33. The normalized spacial score (nSPS) is 18.7. The minimum atomic E-state index is -3.34. The quantitative estimate of drug-likeness (QED) is 0.648. The second kappa shape index (κ2) is 8.94. The molecule has 2 atom stereocenters. The summed E-state index contributed by atoms with van der Waals surface area (Å²) < 4.78 is 43.8. The summed E-state index contributed by atoms with van der Waals surface area (Å²) in [4.78, 5) is 12.0. The molecule has 3 rings (SSSR count). The van der Waals surface area contributed by atoms with Crippen molar-refractivity contribution in [2.45, 2.75) is 29.6 Å². The Morgan fingerprint density at radius 1 is 1.17 bits per heavy atom. The average Bonchev–Trinajstić information content (AvgIpc) is 2.67. The number of aliphatic carboxylic acids is 1. The predicted molar refractivity (Wildman–Crippen MR) is 110 cm³/mol. The molecule has 8 heteroatoms. The standard InChI is InChI=1S/C20H20F2O4S.CH4O/c1-20(21,22)18-16(19(23)24)11-14-10-15(8-9-17(14)26-18)27(2,25)12-13-6-4-3-5-7-13;1-2/h3-11,18,25H,12H2,1-2H3,(H,23,24);2H,1H3. The number of alkyl halides is 2. The van der Waals surface area contributed by atoms with Gasteiger partial charge in [-0.15, -0.1) is 10.3 Å². The maximum atomic E-state index is 13.8. The molecule has 1 aliphatic heterocycles. The van der Waals surface area contributed by atoms with E-state index in [4.69, 9.17) is 9.84 Å². The van der Waals surface area contributed by atoms with Gasteiger partial charge in [0.25, 0.3) is 5.92 Å². The molecule has 0 amide bonds. The van der Waals surface area contributed by atoms with E-state index < -0.39 is 33.9 Å². The van der Waals surface area contributed by atoms with Crippen LogP contribution < -0.4 is 4.74 Å². The molecule has 0 aromatic heterocycles. The number of carboxylic acids is 1. The first-order valence-corrected chi connectivity index (χ1v) is 10.9. The highest BCUT2D eigenvalue weighted by atomic mass is 32.3. The van der Waals surface area contributed by atoms with Crippen molar-refractivity contribution in [2.75, 3.05) is 13.4 Å². The number of ether oxygens (including phenoxy) is 1. The van der Waals surface area contributed by atoms with Crippen molar-refractivity contribution in [3.05, 3.63) is 65.2 Å². The molecule has 0 saturated heterocycles. The monoisotopic (exact) mass is 426 g/mol. The van der Waals surface area contributed by atoms with Gasteiger partial charge in [-0.1, -0.05) is 30.3 Å². The third kappa shape index (κ3) is 5.35. The van der Waals surface area contributed by atoms with Gasteiger partial charge < -0.3 is 19.5 Å². The van der Waals surface area contributed by atoms with Gasteiger partial charge in [0.2, 0.25) is 0 Å². The SMILES string of the molecule is CC(F)(F)C1Oc2ccc(S(C)(O)Cc3ccccc3)cc2C=C1C(=O)O.CO. The van der Waals surface area contributed by atoms with E-state index in [9.17, 15) is 23.2 Å². The molecular formula is C21H24F2O5S. The highest BCUT2D eigenvalue weighted by molar-refractivity contribution is 8.27. The molecule has 0 bridgehead atoms. The van der Waals surface area contributed by atoms with Crippen LogP contribution in [0.1, 0.15) is 18.1 Å². The Bertz CT molecular complexity index is 892. The summed E-state index contributed by atoms with van der Waals surface area (Å²) in [6.07, 6.45) is 1.08. The fourth-order valence-corrected chi connectivity index (χ4v) is 4.74. The van der Waals surface area contributed by atoms with Crippen molar-refractivity contribution >= 4 is 22.4 Å². The van der Waals surface area contributed by atoms with Gasteiger partial charge in [0, 0.05) is 30.2 Å². The Kier molecular flexibility index (Phi) is 7.05. The zero-order chi connectivity index (χ0) is 21.8. The largest absolute Gasteiger partial charge is 0.478 e. The second-order valence-corrected chi connectivity index (χ2v) is 9.57. The smallest absolute Gasteiger partial charge is 0.335 e. The zero-order valence-corrected chi connectivity index (χ0v) is 17.1. The molecule has 0 spiro atoms. The van der Waals surface area contributed by atoms with E-state index in [0.717, 1.165) is 12.7 Å². The molecule has 2 aromatic rings. The molecule has 29 heavy (non-hydrogen) atoms. The Balaban J connectivity index is 0.00000145. The minimum absolute atomic E-state index is 0.171. The van der Waals surface area contributed by atoms with Gasteiger partial charge in [-0.05, 0) is 36.1 Å². The number of carbonyl (C=O) groups is 1. The molecular weight excluding hydrogens is 402 g/mol. The van der Waals surface area contributed by atoms with E-state index in [1.807, 2.05) is 30.3 Å². The van der Waals surface area contributed by atoms with Crippen LogP contribution in [0.3, 0.4) is 0 Å². The number of aliphatic hydroxyl groups excluding tert-OH is 1. The Morgan fingerprint density at radius 2 is 1.79 bits per heavy atom. The van der Waals surface area contributed by atoms with E-state index >= 15 is 0 Å². The molecule has 0 fully saturated rings. The summed E-state index contributed by atoms with van der Waals surface area (Å²) in [5.74, 6) is -4.20. The van der Waals surface area contributed by atoms with Crippen molar-refractivity contribution in [2.24, 2.45) is 0 Å². The summed E-state index contributed by atoms with van der Waals surface area (Å²) in [5.41, 5.74) is 0.829. The van der Waals surface area contributed by atoms with Gasteiger partial charge in [0.15, 0.2) is 6.10 Å². The number of halogens is 2. The molecule has 1 aliphatic rings. The van der Waals surface area contributed by atoms with Crippen LogP contribution in [0.5, 0.6) is 5.75 Å². The van der Waals surface area contributed by atoms with E-state index in [-0.39, 0.29) is 5.75 Å². The average molecular weight is 426 g/mol. The topological polar surface area (TPSA) is 87.0 Å². The predicted octanol–water partition coefficient (Wildman–Crippen LogP) is 4.65. The number of benzene rings is 2. The van der Waals surface area contributed by atoms with Gasteiger partial charge in [-0.2, -0.15) is 0 Å². The lowest BCUT2D eigenvalue weighted by atomic mass is 9.98. The van der Waals surface area contributed by atoms with Crippen LogP contribution >= 0.6 is 10.3 Å². The number of aliphatic hydroxyl groups is 1. The molecule has 0 saturated carbocycles. The van der Waals surface area contributed by atoms with E-state index in [2.05, 4.69) is 0 Å². The number of rotatable bonds is 5. The number of hydrogen-bond acceptors (Lipinski definition) is 4. The number of hydrogen-bond donors (Lipinski definition) is 3. The fourth-order valence-electron chi connectivity index (χ4n) is 2.99. The third-order valence-corrected chi connectivity index (χ3v) is 6.49. The van der Waals surface area contributed by atoms with Gasteiger partial charge >= 0.3 is 5.97 Å². The first-order chi connectivity index (χ1) is 13.6. The molecule has 5 nitrogen and oxygen atoms in total. The Hall–Kier alpha value is -2.42. The Labute approximate surface area is 169 Å². The van der Waals surface area contributed by atoms with E-state index in [1.165, 1.54) is 12.1 Å². The van der Waals surface area contributed by atoms with Crippen LogP contribution in [0, 0.1) is 0 Å². The van der Waals surface area contributed by atoms with Crippen LogP contribution in [-0.4, -0.2) is 46.1 Å². The number of fused-ring (bicyclic) bond motifs is 1. The summed E-state index contributed by atoms with van der Waals surface area (Å²) in [5, 5.41) is 16.3. The first kappa shape index (κ1) is 22.9. The molecule has 0 radical (unpaired) electrons. The van der Waals surface area contributed by atoms with Gasteiger partial charge in [-0.25, -0.2) is 13.6 Å². The van der Waals surface area contributed by atoms with Crippen LogP contribution in [0.15, 0.2) is 59.0 Å². The van der Waals surface area contributed by atoms with Crippen LogP contribution in [0.25, 0.3) is 6.08 Å². The third-order valence-electron chi connectivity index (χ3n) is 4.33. The molecule has 1 heterocycles.